The van der Waals surface area contributed by atoms with Crippen LogP contribution in [0.25, 0.3) is 0 Å². The Kier molecular flexibility index (Phi) is 5.81. The van der Waals surface area contributed by atoms with E-state index in [1.807, 2.05) is 6.92 Å². The molecule has 6 heteroatoms. The third kappa shape index (κ3) is 3.66. The molecule has 0 saturated heterocycles. The first-order valence-corrected chi connectivity index (χ1v) is 8.60. The van der Waals surface area contributed by atoms with Gasteiger partial charge in [0.2, 0.25) is 0 Å². The summed E-state index contributed by atoms with van der Waals surface area (Å²) >= 11 is 7.98. The summed E-state index contributed by atoms with van der Waals surface area (Å²) in [6.45, 7) is 6.39. The fourth-order valence-corrected chi connectivity index (χ4v) is 3.86. The Bertz CT molecular complexity index is 574. The zero-order valence-electron chi connectivity index (χ0n) is 12.8. The van der Waals surface area contributed by atoms with Crippen molar-refractivity contribution in [2.24, 2.45) is 5.84 Å². The molecule has 2 rings (SSSR count). The smallest absolute Gasteiger partial charge is 0.0644 e. The molecule has 0 amide bonds. The van der Waals surface area contributed by atoms with E-state index in [1.165, 1.54) is 0 Å². The van der Waals surface area contributed by atoms with Crippen LogP contribution in [0.3, 0.4) is 0 Å². The van der Waals surface area contributed by atoms with Gasteiger partial charge in [-0.25, -0.2) is 0 Å². The Labute approximate surface area is 135 Å². The van der Waals surface area contributed by atoms with Gasteiger partial charge in [0.25, 0.3) is 0 Å². The molecule has 0 bridgehead atoms. The standard InChI is InChI=1S/C15H23ClN4S/c1-4-12(5-2)20-7-6-11(19-20)8-13(18-17)15-14(16)10(3)9-21-15/h6-7,9,12-13,18H,4-5,8,17H2,1-3H3. The van der Waals surface area contributed by atoms with E-state index in [9.17, 15) is 0 Å². The second kappa shape index (κ2) is 7.40. The van der Waals surface area contributed by atoms with E-state index in [4.69, 9.17) is 17.4 Å². The average Bonchev–Trinajstić information content (AvgIpc) is 3.07. The fraction of sp³-hybridized carbons (Fsp3) is 0.533. The summed E-state index contributed by atoms with van der Waals surface area (Å²) < 4.78 is 2.06. The van der Waals surface area contributed by atoms with Crippen molar-refractivity contribution in [3.8, 4) is 0 Å². The second-order valence-electron chi connectivity index (χ2n) is 5.28. The molecular formula is C15H23ClN4S. The lowest BCUT2D eigenvalue weighted by Crippen LogP contribution is -2.29. The third-order valence-corrected chi connectivity index (χ3v) is 5.66. The van der Waals surface area contributed by atoms with Crippen LogP contribution in [0.1, 0.15) is 54.9 Å². The monoisotopic (exact) mass is 326 g/mol. The molecule has 0 radical (unpaired) electrons. The van der Waals surface area contributed by atoms with Gasteiger partial charge in [-0.1, -0.05) is 25.4 Å². The molecule has 0 aliphatic rings. The maximum Gasteiger partial charge on any atom is 0.0644 e. The van der Waals surface area contributed by atoms with E-state index in [-0.39, 0.29) is 6.04 Å². The zero-order valence-corrected chi connectivity index (χ0v) is 14.3. The molecule has 2 aromatic rings. The summed E-state index contributed by atoms with van der Waals surface area (Å²) in [5.41, 5.74) is 5.00. The van der Waals surface area contributed by atoms with Crippen LogP contribution in [-0.4, -0.2) is 9.78 Å². The molecule has 1 unspecified atom stereocenters. The average molecular weight is 327 g/mol. The van der Waals surface area contributed by atoms with Crippen LogP contribution < -0.4 is 11.3 Å². The van der Waals surface area contributed by atoms with E-state index in [0.29, 0.717) is 6.04 Å². The van der Waals surface area contributed by atoms with Crippen molar-refractivity contribution in [1.82, 2.24) is 15.2 Å². The molecule has 0 aromatic carbocycles. The van der Waals surface area contributed by atoms with E-state index in [1.54, 1.807) is 11.3 Å². The molecule has 3 N–H and O–H groups in total. The molecule has 0 aliphatic heterocycles. The Hall–Kier alpha value is -0.880. The van der Waals surface area contributed by atoms with Gasteiger partial charge in [0.1, 0.15) is 0 Å². The first-order chi connectivity index (χ1) is 10.1. The van der Waals surface area contributed by atoms with E-state index < -0.39 is 0 Å². The topological polar surface area (TPSA) is 55.9 Å². The summed E-state index contributed by atoms with van der Waals surface area (Å²) in [4.78, 5) is 1.08. The van der Waals surface area contributed by atoms with Crippen molar-refractivity contribution < 1.29 is 0 Å². The number of hydrazine groups is 1. The van der Waals surface area contributed by atoms with Crippen molar-refractivity contribution in [2.75, 3.05) is 0 Å². The minimum Gasteiger partial charge on any atom is -0.271 e. The molecule has 0 aliphatic carbocycles. The Morgan fingerprint density at radius 1 is 1.43 bits per heavy atom. The number of nitrogens with zero attached hydrogens (tertiary/aromatic N) is 2. The normalized spacial score (nSPS) is 13.0. The van der Waals surface area contributed by atoms with Crippen molar-refractivity contribution in [2.45, 2.75) is 52.1 Å². The number of halogens is 1. The van der Waals surface area contributed by atoms with Gasteiger partial charge in [0, 0.05) is 17.5 Å². The van der Waals surface area contributed by atoms with Gasteiger partial charge in [0.05, 0.1) is 22.8 Å². The number of hydrogen-bond donors (Lipinski definition) is 2. The number of thiophene rings is 1. The van der Waals surface area contributed by atoms with Crippen molar-refractivity contribution in [3.05, 3.63) is 38.8 Å². The largest absolute Gasteiger partial charge is 0.271 e. The lowest BCUT2D eigenvalue weighted by Gasteiger charge is -2.15. The second-order valence-corrected chi connectivity index (χ2v) is 6.57. The highest BCUT2D eigenvalue weighted by molar-refractivity contribution is 7.10. The van der Waals surface area contributed by atoms with Crippen LogP contribution in [0.2, 0.25) is 5.02 Å². The first kappa shape index (κ1) is 16.5. The molecule has 116 valence electrons. The van der Waals surface area contributed by atoms with Crippen molar-refractivity contribution in [1.29, 1.82) is 0 Å². The molecule has 1 atom stereocenters. The van der Waals surface area contributed by atoms with E-state index in [2.05, 4.69) is 46.7 Å². The molecule has 2 heterocycles. The fourth-order valence-electron chi connectivity index (χ4n) is 2.47. The number of aryl methyl sites for hydroxylation is 1. The molecule has 4 nitrogen and oxygen atoms in total. The predicted octanol–water partition coefficient (Wildman–Crippen LogP) is 4.01. The summed E-state index contributed by atoms with van der Waals surface area (Å²) in [7, 11) is 0. The van der Waals surface area contributed by atoms with E-state index in [0.717, 1.165) is 40.4 Å². The summed E-state index contributed by atoms with van der Waals surface area (Å²) in [5, 5.41) is 7.55. The van der Waals surface area contributed by atoms with Gasteiger partial charge in [-0.2, -0.15) is 5.10 Å². The van der Waals surface area contributed by atoms with Crippen molar-refractivity contribution in [3.63, 3.8) is 0 Å². The maximum atomic E-state index is 6.34. The SMILES string of the molecule is CCC(CC)n1ccc(CC(NN)c2scc(C)c2Cl)n1. The van der Waals surface area contributed by atoms with Gasteiger partial charge in [-0.15, -0.1) is 11.3 Å². The van der Waals surface area contributed by atoms with Gasteiger partial charge in [0.15, 0.2) is 0 Å². The van der Waals surface area contributed by atoms with Gasteiger partial charge < -0.3 is 0 Å². The molecule has 0 saturated carbocycles. The number of nitrogens with one attached hydrogen (secondary N) is 1. The molecular weight excluding hydrogens is 304 g/mol. The van der Waals surface area contributed by atoms with Crippen LogP contribution in [0, 0.1) is 6.92 Å². The molecule has 0 fully saturated rings. The zero-order chi connectivity index (χ0) is 15.4. The Morgan fingerprint density at radius 2 is 2.14 bits per heavy atom. The number of hydrogen-bond acceptors (Lipinski definition) is 4. The number of nitrogens with two attached hydrogens (primary N) is 1. The van der Waals surface area contributed by atoms with Gasteiger partial charge in [-0.05, 0) is 36.8 Å². The lowest BCUT2D eigenvalue weighted by molar-refractivity contribution is 0.423. The number of aromatic nitrogens is 2. The highest BCUT2D eigenvalue weighted by Gasteiger charge is 2.19. The predicted molar refractivity (Wildman–Crippen MR) is 89.7 cm³/mol. The molecule has 0 spiro atoms. The molecule has 21 heavy (non-hydrogen) atoms. The highest BCUT2D eigenvalue weighted by atomic mass is 35.5. The van der Waals surface area contributed by atoms with Crippen molar-refractivity contribution >= 4 is 22.9 Å². The molecule has 2 aromatic heterocycles. The van der Waals surface area contributed by atoms with Gasteiger partial charge >= 0.3 is 0 Å². The first-order valence-electron chi connectivity index (χ1n) is 7.34. The van der Waals surface area contributed by atoms with Crippen LogP contribution in [0.5, 0.6) is 0 Å². The Morgan fingerprint density at radius 3 is 2.67 bits per heavy atom. The minimum atomic E-state index is 0.00116. The minimum absolute atomic E-state index is 0.00116. The maximum absolute atomic E-state index is 6.34. The van der Waals surface area contributed by atoms with Crippen LogP contribution in [0.4, 0.5) is 0 Å². The Balaban J connectivity index is 2.14. The van der Waals surface area contributed by atoms with Crippen LogP contribution in [0.15, 0.2) is 17.6 Å². The summed E-state index contributed by atoms with van der Waals surface area (Å²) in [6.07, 6.45) is 4.98. The van der Waals surface area contributed by atoms with Gasteiger partial charge in [-0.3, -0.25) is 16.0 Å². The number of rotatable bonds is 7. The van der Waals surface area contributed by atoms with Crippen LogP contribution >= 0.6 is 22.9 Å². The summed E-state index contributed by atoms with van der Waals surface area (Å²) in [6, 6.07) is 2.54. The highest BCUT2D eigenvalue weighted by Crippen LogP contribution is 2.33. The quantitative estimate of drug-likeness (QED) is 0.597. The third-order valence-electron chi connectivity index (χ3n) is 3.84. The lowest BCUT2D eigenvalue weighted by atomic mass is 10.1. The summed E-state index contributed by atoms with van der Waals surface area (Å²) in [5.74, 6) is 5.71. The van der Waals surface area contributed by atoms with E-state index >= 15 is 0 Å². The van der Waals surface area contributed by atoms with Crippen LogP contribution in [-0.2, 0) is 6.42 Å².